The number of nitriles is 1. The molecule has 0 aliphatic carbocycles. The fourth-order valence-electron chi connectivity index (χ4n) is 4.76. The molecule has 3 heterocycles. The lowest BCUT2D eigenvalue weighted by molar-refractivity contribution is 0.142. The van der Waals surface area contributed by atoms with Gasteiger partial charge in [-0.15, -0.1) is 0 Å². The van der Waals surface area contributed by atoms with E-state index < -0.39 is 0 Å². The number of hydrogen-bond donors (Lipinski definition) is 4. The number of hydrogen-bond acceptors (Lipinski definition) is 8. The summed E-state index contributed by atoms with van der Waals surface area (Å²) >= 11 is 0. The van der Waals surface area contributed by atoms with Crippen molar-refractivity contribution in [2.24, 2.45) is 10.7 Å². The first-order chi connectivity index (χ1) is 16.0. The molecule has 8 heteroatoms. The van der Waals surface area contributed by atoms with Gasteiger partial charge in [-0.25, -0.2) is 4.99 Å². The van der Waals surface area contributed by atoms with Crippen molar-refractivity contribution in [1.82, 2.24) is 25.8 Å². The van der Waals surface area contributed by atoms with E-state index in [1.165, 1.54) is 5.57 Å². The van der Waals surface area contributed by atoms with Crippen LogP contribution in [0.4, 0.5) is 0 Å². The molecule has 0 saturated carbocycles. The number of likely N-dealkylation sites (N-methyl/N-ethyl adjacent to an activating group) is 2. The molecular formula is C25H34N8. The van der Waals surface area contributed by atoms with Crippen LogP contribution in [0, 0.1) is 11.3 Å². The Kier molecular flexibility index (Phi) is 7.26. The molecule has 174 valence electrons. The number of rotatable bonds is 5. The summed E-state index contributed by atoms with van der Waals surface area (Å²) in [5.74, 6) is 0. The Labute approximate surface area is 196 Å². The summed E-state index contributed by atoms with van der Waals surface area (Å²) in [5.41, 5.74) is 12.2. The summed E-state index contributed by atoms with van der Waals surface area (Å²) in [6.45, 7) is 2.64. The molecule has 0 spiro atoms. The molecule has 2 unspecified atom stereocenters. The minimum absolute atomic E-state index is 0.119. The predicted molar refractivity (Wildman–Crippen MR) is 132 cm³/mol. The highest BCUT2D eigenvalue weighted by atomic mass is 15.4. The van der Waals surface area contributed by atoms with Crippen molar-refractivity contribution in [3.05, 3.63) is 70.6 Å². The molecule has 5 N–H and O–H groups in total. The van der Waals surface area contributed by atoms with Crippen molar-refractivity contribution >= 4 is 5.71 Å². The van der Waals surface area contributed by atoms with E-state index in [0.29, 0.717) is 5.56 Å². The second kappa shape index (κ2) is 10.3. The Bertz CT molecular complexity index is 1010. The SMILES string of the molecule is CN/C=C1/C=C(C2=CNC(N3CCC(N)CC3)N=C2c2ccc(C#N)cc2)CN(C)C1NC. The van der Waals surface area contributed by atoms with Crippen molar-refractivity contribution in [3.63, 3.8) is 0 Å². The Morgan fingerprint density at radius 1 is 1.21 bits per heavy atom. The highest BCUT2D eigenvalue weighted by Crippen LogP contribution is 2.28. The van der Waals surface area contributed by atoms with Crippen molar-refractivity contribution < 1.29 is 0 Å². The van der Waals surface area contributed by atoms with Crippen molar-refractivity contribution in [3.8, 4) is 6.07 Å². The molecule has 0 amide bonds. The lowest BCUT2D eigenvalue weighted by Crippen LogP contribution is -2.51. The van der Waals surface area contributed by atoms with Gasteiger partial charge in [-0.2, -0.15) is 5.26 Å². The maximum absolute atomic E-state index is 9.23. The number of piperidine rings is 1. The molecule has 0 bridgehead atoms. The predicted octanol–water partition coefficient (Wildman–Crippen LogP) is 1.06. The largest absolute Gasteiger partial charge is 0.394 e. The summed E-state index contributed by atoms with van der Waals surface area (Å²) in [6.07, 6.45) is 8.36. The van der Waals surface area contributed by atoms with Crippen LogP contribution in [0.3, 0.4) is 0 Å². The first-order valence-corrected chi connectivity index (χ1v) is 11.5. The Hall–Kier alpha value is -2.96. The molecule has 3 aliphatic rings. The molecule has 1 saturated heterocycles. The van der Waals surface area contributed by atoms with E-state index in [1.54, 1.807) is 0 Å². The zero-order chi connectivity index (χ0) is 23.4. The molecule has 1 aromatic rings. The minimum atomic E-state index is -0.119. The Balaban J connectivity index is 1.71. The second-order valence-corrected chi connectivity index (χ2v) is 8.85. The maximum Gasteiger partial charge on any atom is 0.176 e. The van der Waals surface area contributed by atoms with Gasteiger partial charge in [-0.05, 0) is 56.3 Å². The van der Waals surface area contributed by atoms with Crippen LogP contribution in [0.1, 0.15) is 24.0 Å². The molecule has 1 aromatic carbocycles. The third kappa shape index (κ3) is 5.02. The molecule has 1 fully saturated rings. The summed E-state index contributed by atoms with van der Waals surface area (Å²) in [4.78, 5) is 9.82. The van der Waals surface area contributed by atoms with Gasteiger partial charge in [-0.3, -0.25) is 9.80 Å². The molecule has 4 rings (SSSR count). The fraction of sp³-hybridized carbons (Fsp3) is 0.440. The average molecular weight is 447 g/mol. The smallest absolute Gasteiger partial charge is 0.176 e. The van der Waals surface area contributed by atoms with Crippen LogP contribution < -0.4 is 21.7 Å². The number of likely N-dealkylation sites (tertiary alicyclic amines) is 1. The van der Waals surface area contributed by atoms with Crippen molar-refractivity contribution in [2.75, 3.05) is 40.8 Å². The molecular weight excluding hydrogens is 412 g/mol. The van der Waals surface area contributed by atoms with E-state index in [-0.39, 0.29) is 18.5 Å². The molecule has 0 aromatic heterocycles. The number of nitrogens with two attached hydrogens (primary N) is 1. The normalized spacial score (nSPS) is 26.2. The van der Waals surface area contributed by atoms with E-state index >= 15 is 0 Å². The quantitative estimate of drug-likeness (QED) is 0.536. The molecule has 33 heavy (non-hydrogen) atoms. The highest BCUT2D eigenvalue weighted by Gasteiger charge is 2.30. The summed E-state index contributed by atoms with van der Waals surface area (Å²) in [5, 5.41) is 19.3. The monoisotopic (exact) mass is 446 g/mol. The highest BCUT2D eigenvalue weighted by molar-refractivity contribution is 6.15. The third-order valence-corrected chi connectivity index (χ3v) is 6.54. The molecule has 2 atom stereocenters. The van der Waals surface area contributed by atoms with Gasteiger partial charge in [0.15, 0.2) is 6.29 Å². The van der Waals surface area contributed by atoms with Crippen LogP contribution in [-0.2, 0) is 0 Å². The van der Waals surface area contributed by atoms with Crippen molar-refractivity contribution in [1.29, 1.82) is 5.26 Å². The number of aliphatic imine (C=N–C) groups is 1. The van der Waals surface area contributed by atoms with Gasteiger partial charge in [0.05, 0.1) is 23.5 Å². The average Bonchev–Trinajstić information content (AvgIpc) is 2.84. The summed E-state index contributed by atoms with van der Waals surface area (Å²) in [6, 6.07) is 10.2. The van der Waals surface area contributed by atoms with Gasteiger partial charge in [-0.1, -0.05) is 12.1 Å². The molecule has 3 aliphatic heterocycles. The number of nitrogens with one attached hydrogen (secondary N) is 3. The van der Waals surface area contributed by atoms with E-state index in [9.17, 15) is 5.26 Å². The van der Waals surface area contributed by atoms with Gasteiger partial charge >= 0.3 is 0 Å². The Morgan fingerprint density at radius 2 is 1.94 bits per heavy atom. The zero-order valence-electron chi connectivity index (χ0n) is 19.7. The van der Waals surface area contributed by atoms with Crippen LogP contribution in [0.2, 0.25) is 0 Å². The van der Waals surface area contributed by atoms with Gasteiger partial charge < -0.3 is 21.7 Å². The van der Waals surface area contributed by atoms with Gasteiger partial charge in [0.25, 0.3) is 0 Å². The topological polar surface area (TPSA) is 105 Å². The maximum atomic E-state index is 9.23. The standard InChI is InChI=1S/C25H34N8/c1-28-14-19-12-20(16-32(3)24(19)29-2)22-15-30-25(33-10-8-21(27)9-11-33)31-23(22)18-6-4-17(13-26)5-7-18/h4-7,12,14-15,21,24-25,28-30H,8-11,16,27H2,1-3H3/b19-14-. The van der Waals surface area contributed by atoms with E-state index in [0.717, 1.165) is 54.9 Å². The van der Waals surface area contributed by atoms with Crippen LogP contribution in [0.5, 0.6) is 0 Å². The van der Waals surface area contributed by atoms with E-state index in [1.807, 2.05) is 44.6 Å². The van der Waals surface area contributed by atoms with Crippen LogP contribution in [0.25, 0.3) is 0 Å². The van der Waals surface area contributed by atoms with Crippen molar-refractivity contribution in [2.45, 2.75) is 31.3 Å². The summed E-state index contributed by atoms with van der Waals surface area (Å²) < 4.78 is 0. The fourth-order valence-corrected chi connectivity index (χ4v) is 4.76. The van der Waals surface area contributed by atoms with Gasteiger partial charge in [0, 0.05) is 56.3 Å². The van der Waals surface area contributed by atoms with Crippen LogP contribution in [0.15, 0.2) is 64.5 Å². The van der Waals surface area contributed by atoms with Gasteiger partial charge in [0.1, 0.15) is 0 Å². The number of benzene rings is 1. The first kappa shape index (κ1) is 23.2. The van der Waals surface area contributed by atoms with E-state index in [2.05, 4.69) is 51.1 Å². The summed E-state index contributed by atoms with van der Waals surface area (Å²) in [7, 11) is 6.01. The van der Waals surface area contributed by atoms with Crippen LogP contribution >= 0.6 is 0 Å². The first-order valence-electron chi connectivity index (χ1n) is 11.5. The van der Waals surface area contributed by atoms with Gasteiger partial charge in [0.2, 0.25) is 0 Å². The third-order valence-electron chi connectivity index (χ3n) is 6.54. The van der Waals surface area contributed by atoms with E-state index in [4.69, 9.17) is 10.7 Å². The lowest BCUT2D eigenvalue weighted by atomic mass is 9.90. The van der Waals surface area contributed by atoms with Crippen LogP contribution in [-0.4, -0.2) is 74.8 Å². The zero-order valence-corrected chi connectivity index (χ0v) is 19.7. The second-order valence-electron chi connectivity index (χ2n) is 8.85. The minimum Gasteiger partial charge on any atom is -0.394 e. The molecule has 0 radical (unpaired) electrons. The Morgan fingerprint density at radius 3 is 2.58 bits per heavy atom. The molecule has 8 nitrogen and oxygen atoms in total. The number of nitrogens with zero attached hydrogens (tertiary/aromatic N) is 4. The lowest BCUT2D eigenvalue weighted by Gasteiger charge is -2.38.